The van der Waals surface area contributed by atoms with Crippen molar-refractivity contribution in [2.24, 2.45) is 0 Å². The molecule has 1 rings (SSSR count). The second-order valence-electron chi connectivity index (χ2n) is 2.74. The normalized spacial score (nSPS) is 11.0. The van der Waals surface area contributed by atoms with E-state index < -0.39 is 13.7 Å². The van der Waals surface area contributed by atoms with Gasteiger partial charge < -0.3 is 9.79 Å². The summed E-state index contributed by atoms with van der Waals surface area (Å²) in [4.78, 5) is 27.9. The van der Waals surface area contributed by atoms with Crippen LogP contribution in [0.5, 0.6) is 0 Å². The minimum absolute atomic E-state index is 0.0358. The summed E-state index contributed by atoms with van der Waals surface area (Å²) in [5.41, 5.74) is 0.707. The van der Waals surface area contributed by atoms with Crippen LogP contribution < -0.4 is 5.09 Å². The maximum Gasteiger partial charge on any atom is 0.429 e. The van der Waals surface area contributed by atoms with Gasteiger partial charge >= 0.3 is 7.75 Å². The fourth-order valence-electron chi connectivity index (χ4n) is 0.983. The molecule has 0 aliphatic rings. The van der Waals surface area contributed by atoms with Gasteiger partial charge in [0.2, 0.25) is 5.91 Å². The van der Waals surface area contributed by atoms with Crippen molar-refractivity contribution in [2.75, 3.05) is 0 Å². The monoisotopic (exact) mass is 215 g/mol. The van der Waals surface area contributed by atoms with Crippen LogP contribution in [-0.2, 0) is 15.8 Å². The van der Waals surface area contributed by atoms with Crippen LogP contribution >= 0.6 is 7.75 Å². The summed E-state index contributed by atoms with van der Waals surface area (Å²) in [6.07, 6.45) is -0.0358. The highest BCUT2D eigenvalue weighted by Gasteiger charge is 2.16. The molecule has 0 unspecified atom stereocenters. The molecule has 0 atom stereocenters. The van der Waals surface area contributed by atoms with Crippen molar-refractivity contribution in [3.05, 3.63) is 35.9 Å². The molecule has 76 valence electrons. The SMILES string of the molecule is O=C(Cc1ccccc1)NP(=O)(O)O. The highest BCUT2D eigenvalue weighted by Crippen LogP contribution is 2.27. The predicted octanol–water partition coefficient (Wildman–Crippen LogP) is 0.438. The van der Waals surface area contributed by atoms with Crippen LogP contribution in [0.4, 0.5) is 0 Å². The fourth-order valence-corrected chi connectivity index (χ4v) is 1.39. The Morgan fingerprint density at radius 3 is 2.36 bits per heavy atom. The first-order chi connectivity index (χ1) is 6.47. The van der Waals surface area contributed by atoms with Crippen LogP contribution in [0.1, 0.15) is 5.56 Å². The van der Waals surface area contributed by atoms with Gasteiger partial charge in [0.15, 0.2) is 0 Å². The molecule has 0 saturated carbocycles. The molecular formula is C8H10NO4P. The highest BCUT2D eigenvalue weighted by molar-refractivity contribution is 7.50. The van der Waals surface area contributed by atoms with Gasteiger partial charge in [0, 0.05) is 0 Å². The van der Waals surface area contributed by atoms with Crippen molar-refractivity contribution in [2.45, 2.75) is 6.42 Å². The number of rotatable bonds is 3. The van der Waals surface area contributed by atoms with E-state index in [-0.39, 0.29) is 6.42 Å². The van der Waals surface area contributed by atoms with Crippen molar-refractivity contribution >= 4 is 13.7 Å². The van der Waals surface area contributed by atoms with E-state index in [0.29, 0.717) is 5.56 Å². The molecule has 0 aliphatic heterocycles. The summed E-state index contributed by atoms with van der Waals surface area (Å²) >= 11 is 0. The average molecular weight is 215 g/mol. The van der Waals surface area contributed by atoms with Gasteiger partial charge in [-0.15, -0.1) is 0 Å². The zero-order valence-electron chi connectivity index (χ0n) is 7.25. The Labute approximate surface area is 81.0 Å². The second-order valence-corrected chi connectivity index (χ2v) is 4.05. The Kier molecular flexibility index (Phi) is 3.41. The average Bonchev–Trinajstić information content (AvgIpc) is 2.02. The Morgan fingerprint density at radius 1 is 1.29 bits per heavy atom. The number of amides is 1. The van der Waals surface area contributed by atoms with Crippen LogP contribution in [0.2, 0.25) is 0 Å². The number of carbonyl (C=O) groups is 1. The third-order valence-corrected chi connectivity index (χ3v) is 2.02. The van der Waals surface area contributed by atoms with Gasteiger partial charge in [-0.2, -0.15) is 0 Å². The molecule has 0 saturated heterocycles. The fraction of sp³-hybridized carbons (Fsp3) is 0.125. The summed E-state index contributed by atoms with van der Waals surface area (Å²) < 4.78 is 10.4. The van der Waals surface area contributed by atoms with Crippen molar-refractivity contribution in [1.82, 2.24) is 5.09 Å². The van der Waals surface area contributed by atoms with Gasteiger partial charge in [0.05, 0.1) is 6.42 Å². The van der Waals surface area contributed by atoms with Gasteiger partial charge in [0.1, 0.15) is 0 Å². The predicted molar refractivity (Wildman–Crippen MR) is 50.3 cm³/mol. The number of carbonyl (C=O) groups excluding carboxylic acids is 1. The third kappa shape index (κ3) is 4.18. The molecule has 14 heavy (non-hydrogen) atoms. The lowest BCUT2D eigenvalue weighted by atomic mass is 10.1. The molecule has 3 N–H and O–H groups in total. The molecule has 0 bridgehead atoms. The van der Waals surface area contributed by atoms with E-state index in [1.807, 2.05) is 0 Å². The van der Waals surface area contributed by atoms with Crippen molar-refractivity contribution in [3.8, 4) is 0 Å². The first-order valence-corrected chi connectivity index (χ1v) is 5.49. The van der Waals surface area contributed by atoms with E-state index in [4.69, 9.17) is 9.79 Å². The Balaban J connectivity index is 2.55. The Morgan fingerprint density at radius 2 is 1.86 bits per heavy atom. The van der Waals surface area contributed by atoms with Gasteiger partial charge in [-0.1, -0.05) is 30.3 Å². The first kappa shape index (κ1) is 10.9. The van der Waals surface area contributed by atoms with E-state index in [9.17, 15) is 9.36 Å². The smallest absolute Gasteiger partial charge is 0.308 e. The van der Waals surface area contributed by atoms with E-state index in [1.54, 1.807) is 35.4 Å². The van der Waals surface area contributed by atoms with E-state index in [1.165, 1.54) is 0 Å². The first-order valence-electron chi connectivity index (χ1n) is 3.88. The molecular weight excluding hydrogens is 205 g/mol. The molecule has 0 aromatic heterocycles. The van der Waals surface area contributed by atoms with Gasteiger partial charge in [0.25, 0.3) is 0 Å². The van der Waals surface area contributed by atoms with Crippen LogP contribution in [0.25, 0.3) is 0 Å². The van der Waals surface area contributed by atoms with Crippen molar-refractivity contribution in [3.63, 3.8) is 0 Å². The molecule has 5 nitrogen and oxygen atoms in total. The van der Waals surface area contributed by atoms with E-state index in [0.717, 1.165) is 0 Å². The maximum atomic E-state index is 11.0. The highest BCUT2D eigenvalue weighted by atomic mass is 31.2. The zero-order chi connectivity index (χ0) is 10.6. The summed E-state index contributed by atoms with van der Waals surface area (Å²) in [6, 6.07) is 8.71. The lowest BCUT2D eigenvalue weighted by Crippen LogP contribution is -2.21. The molecule has 1 amide bonds. The molecule has 0 radical (unpaired) electrons. The minimum Gasteiger partial charge on any atom is -0.308 e. The number of hydrogen-bond donors (Lipinski definition) is 3. The van der Waals surface area contributed by atoms with Crippen molar-refractivity contribution < 1.29 is 19.1 Å². The second kappa shape index (κ2) is 4.37. The van der Waals surface area contributed by atoms with Crippen molar-refractivity contribution in [1.29, 1.82) is 0 Å². The minimum atomic E-state index is -4.46. The number of benzene rings is 1. The van der Waals surface area contributed by atoms with Crippen LogP contribution in [0.3, 0.4) is 0 Å². The molecule has 6 heteroatoms. The van der Waals surface area contributed by atoms with Crippen LogP contribution in [0.15, 0.2) is 30.3 Å². The molecule has 1 aromatic rings. The third-order valence-electron chi connectivity index (χ3n) is 1.48. The van der Waals surface area contributed by atoms with E-state index in [2.05, 4.69) is 0 Å². The van der Waals surface area contributed by atoms with Gasteiger partial charge in [-0.25, -0.2) is 4.57 Å². The lowest BCUT2D eigenvalue weighted by Gasteiger charge is -2.05. The maximum absolute atomic E-state index is 11.0. The Bertz CT molecular complexity index is 359. The Hall–Kier alpha value is -1.16. The van der Waals surface area contributed by atoms with Gasteiger partial charge in [-0.3, -0.25) is 9.88 Å². The molecule has 0 aliphatic carbocycles. The van der Waals surface area contributed by atoms with E-state index >= 15 is 0 Å². The summed E-state index contributed by atoms with van der Waals surface area (Å²) in [6.45, 7) is 0. The molecule has 0 fully saturated rings. The summed E-state index contributed by atoms with van der Waals surface area (Å²) in [7, 11) is -4.46. The molecule has 1 aromatic carbocycles. The summed E-state index contributed by atoms with van der Waals surface area (Å²) in [5.74, 6) is -0.690. The lowest BCUT2D eigenvalue weighted by molar-refractivity contribution is -0.119. The molecule has 0 heterocycles. The van der Waals surface area contributed by atoms with Gasteiger partial charge in [-0.05, 0) is 5.56 Å². The molecule has 0 spiro atoms. The zero-order valence-corrected chi connectivity index (χ0v) is 8.15. The largest absolute Gasteiger partial charge is 0.429 e. The van der Waals surface area contributed by atoms with Crippen LogP contribution in [-0.4, -0.2) is 15.7 Å². The summed E-state index contributed by atoms with van der Waals surface area (Å²) in [5, 5.41) is 1.60. The quantitative estimate of drug-likeness (QED) is 0.638. The number of hydrogen-bond acceptors (Lipinski definition) is 2. The number of nitrogens with one attached hydrogen (secondary N) is 1. The standard InChI is InChI=1S/C8H10NO4P/c10-8(9-14(11,12)13)6-7-4-2-1-3-5-7/h1-5H,6H2,(H3,9,10,11,12,13). The van der Waals surface area contributed by atoms with Crippen LogP contribution in [0, 0.1) is 0 Å². The topological polar surface area (TPSA) is 86.6 Å².